The van der Waals surface area contributed by atoms with Crippen LogP contribution in [0.4, 0.5) is 5.69 Å². The first kappa shape index (κ1) is 15.6. The van der Waals surface area contributed by atoms with Crippen LogP contribution in [0.2, 0.25) is 0 Å². The Morgan fingerprint density at radius 1 is 1.29 bits per heavy atom. The maximum atomic E-state index is 11.8. The van der Waals surface area contributed by atoms with Crippen molar-refractivity contribution in [3.8, 4) is 0 Å². The summed E-state index contributed by atoms with van der Waals surface area (Å²) in [5.74, 6) is 0.100. The average molecular weight is 287 g/mol. The molecule has 0 unspecified atom stereocenters. The number of fused-ring (bicyclic) bond motifs is 1. The second-order valence-electron chi connectivity index (χ2n) is 5.74. The molecule has 0 radical (unpaired) electrons. The van der Waals surface area contributed by atoms with Gasteiger partial charge in [-0.05, 0) is 44.8 Å². The van der Waals surface area contributed by atoms with Crippen molar-refractivity contribution in [3.05, 3.63) is 30.5 Å². The highest BCUT2D eigenvalue weighted by atomic mass is 16.1. The third kappa shape index (κ3) is 4.33. The van der Waals surface area contributed by atoms with Crippen molar-refractivity contribution >= 4 is 22.5 Å². The zero-order chi connectivity index (χ0) is 15.2. The van der Waals surface area contributed by atoms with Crippen LogP contribution >= 0.6 is 0 Å². The number of hydrogen-bond acceptors (Lipinski definition) is 2. The summed E-state index contributed by atoms with van der Waals surface area (Å²) in [5.41, 5.74) is 2.09. The summed E-state index contributed by atoms with van der Waals surface area (Å²) in [6.07, 6.45) is 4.69. The van der Waals surface area contributed by atoms with E-state index in [1.165, 1.54) is 10.9 Å². The molecular weight excluding hydrogens is 262 g/mol. The fourth-order valence-corrected chi connectivity index (χ4v) is 2.34. The van der Waals surface area contributed by atoms with Crippen molar-refractivity contribution in [2.24, 2.45) is 0 Å². The molecule has 0 aliphatic rings. The van der Waals surface area contributed by atoms with E-state index in [1.54, 1.807) is 0 Å². The predicted octanol–water partition coefficient (Wildman–Crippen LogP) is 3.33. The normalized spacial score (nSPS) is 11.2. The number of anilines is 1. The molecule has 0 saturated carbocycles. The average Bonchev–Trinajstić information content (AvgIpc) is 2.85. The van der Waals surface area contributed by atoms with E-state index in [-0.39, 0.29) is 5.91 Å². The van der Waals surface area contributed by atoms with E-state index < -0.39 is 0 Å². The molecule has 1 N–H and O–H groups in total. The van der Waals surface area contributed by atoms with Crippen molar-refractivity contribution in [1.29, 1.82) is 0 Å². The fourth-order valence-electron chi connectivity index (χ4n) is 2.34. The fraction of sp³-hybridized carbons (Fsp3) is 0.471. The van der Waals surface area contributed by atoms with Crippen LogP contribution in [0.25, 0.3) is 10.9 Å². The number of nitrogens with zero attached hydrogens (tertiary/aromatic N) is 2. The van der Waals surface area contributed by atoms with Gasteiger partial charge in [-0.25, -0.2) is 0 Å². The number of nitrogens with one attached hydrogen (secondary N) is 1. The molecule has 0 aliphatic heterocycles. The molecule has 4 heteroatoms. The van der Waals surface area contributed by atoms with Crippen LogP contribution in [0.5, 0.6) is 0 Å². The van der Waals surface area contributed by atoms with Gasteiger partial charge in [-0.1, -0.05) is 13.3 Å². The first-order chi connectivity index (χ1) is 10.1. The van der Waals surface area contributed by atoms with E-state index in [1.807, 2.05) is 12.1 Å². The van der Waals surface area contributed by atoms with Gasteiger partial charge in [0.05, 0.1) is 0 Å². The van der Waals surface area contributed by atoms with E-state index in [0.29, 0.717) is 6.42 Å². The SMILES string of the molecule is CCCCC(=O)Nc1ccc2c(ccn2CCN(C)C)c1. The second kappa shape index (κ2) is 7.27. The molecule has 1 aromatic heterocycles. The Balaban J connectivity index is 2.07. The first-order valence-electron chi connectivity index (χ1n) is 7.63. The van der Waals surface area contributed by atoms with Crippen LogP contribution in [-0.4, -0.2) is 36.0 Å². The topological polar surface area (TPSA) is 37.3 Å². The summed E-state index contributed by atoms with van der Waals surface area (Å²) in [6, 6.07) is 8.22. The highest BCUT2D eigenvalue weighted by Gasteiger charge is 2.05. The van der Waals surface area contributed by atoms with Crippen LogP contribution in [0.15, 0.2) is 30.5 Å². The molecule has 2 rings (SSSR count). The molecule has 0 aliphatic carbocycles. The molecule has 0 fully saturated rings. The Hall–Kier alpha value is -1.81. The quantitative estimate of drug-likeness (QED) is 0.848. The number of amides is 1. The molecule has 2 aromatic rings. The Labute approximate surface area is 126 Å². The minimum Gasteiger partial charge on any atom is -0.346 e. The lowest BCUT2D eigenvalue weighted by Crippen LogP contribution is -2.17. The van der Waals surface area contributed by atoms with Gasteiger partial charge in [-0.2, -0.15) is 0 Å². The van der Waals surface area contributed by atoms with E-state index >= 15 is 0 Å². The molecule has 1 aromatic carbocycles. The number of hydrogen-bond donors (Lipinski definition) is 1. The summed E-state index contributed by atoms with van der Waals surface area (Å²) < 4.78 is 2.25. The van der Waals surface area contributed by atoms with Gasteiger partial charge < -0.3 is 14.8 Å². The van der Waals surface area contributed by atoms with Crippen molar-refractivity contribution < 1.29 is 4.79 Å². The van der Waals surface area contributed by atoms with E-state index in [4.69, 9.17) is 0 Å². The van der Waals surface area contributed by atoms with Crippen molar-refractivity contribution in [2.75, 3.05) is 26.0 Å². The van der Waals surface area contributed by atoms with Crippen LogP contribution in [0.1, 0.15) is 26.2 Å². The van der Waals surface area contributed by atoms with Crippen LogP contribution < -0.4 is 5.32 Å². The van der Waals surface area contributed by atoms with E-state index in [9.17, 15) is 4.79 Å². The Morgan fingerprint density at radius 2 is 2.10 bits per heavy atom. The van der Waals surface area contributed by atoms with E-state index in [2.05, 4.69) is 54.1 Å². The van der Waals surface area contributed by atoms with Gasteiger partial charge in [0.2, 0.25) is 5.91 Å². The van der Waals surface area contributed by atoms with Crippen LogP contribution in [-0.2, 0) is 11.3 Å². The van der Waals surface area contributed by atoms with Gasteiger partial charge >= 0.3 is 0 Å². The highest BCUT2D eigenvalue weighted by molar-refractivity contribution is 5.93. The van der Waals surface area contributed by atoms with Gasteiger partial charge in [-0.15, -0.1) is 0 Å². The van der Waals surface area contributed by atoms with Crippen LogP contribution in [0.3, 0.4) is 0 Å². The number of carbonyl (C=O) groups excluding carboxylic acids is 1. The minimum absolute atomic E-state index is 0.100. The molecule has 0 spiro atoms. The van der Waals surface area contributed by atoms with Crippen molar-refractivity contribution in [1.82, 2.24) is 9.47 Å². The predicted molar refractivity (Wildman–Crippen MR) is 88.6 cm³/mol. The Morgan fingerprint density at radius 3 is 2.81 bits per heavy atom. The zero-order valence-electron chi connectivity index (χ0n) is 13.2. The standard InChI is InChI=1S/C17H25N3O/c1-4-5-6-17(21)18-15-7-8-16-14(13-15)9-10-20(16)12-11-19(2)3/h7-10,13H,4-6,11-12H2,1-3H3,(H,18,21). The van der Waals surface area contributed by atoms with Crippen molar-refractivity contribution in [3.63, 3.8) is 0 Å². The molecule has 0 bridgehead atoms. The summed E-state index contributed by atoms with van der Waals surface area (Å²) in [6.45, 7) is 4.08. The maximum Gasteiger partial charge on any atom is 0.224 e. The molecule has 114 valence electrons. The third-order valence-electron chi connectivity index (χ3n) is 3.60. The molecule has 21 heavy (non-hydrogen) atoms. The van der Waals surface area contributed by atoms with Crippen LogP contribution in [0, 0.1) is 0 Å². The third-order valence-corrected chi connectivity index (χ3v) is 3.60. The van der Waals surface area contributed by atoms with Gasteiger partial charge in [-0.3, -0.25) is 4.79 Å². The lowest BCUT2D eigenvalue weighted by molar-refractivity contribution is -0.116. The first-order valence-corrected chi connectivity index (χ1v) is 7.63. The maximum absolute atomic E-state index is 11.8. The molecular formula is C17H25N3O. The largest absolute Gasteiger partial charge is 0.346 e. The van der Waals surface area contributed by atoms with Crippen molar-refractivity contribution in [2.45, 2.75) is 32.7 Å². The number of unbranched alkanes of at least 4 members (excludes halogenated alkanes) is 1. The number of carbonyl (C=O) groups is 1. The lowest BCUT2D eigenvalue weighted by Gasteiger charge is -2.11. The smallest absolute Gasteiger partial charge is 0.224 e. The number of benzene rings is 1. The summed E-state index contributed by atoms with van der Waals surface area (Å²) >= 11 is 0. The van der Waals surface area contributed by atoms with Gasteiger partial charge in [0.1, 0.15) is 0 Å². The number of likely N-dealkylation sites (N-methyl/N-ethyl adjacent to an activating group) is 1. The Bertz CT molecular complexity index is 601. The Kier molecular flexibility index (Phi) is 5.39. The summed E-state index contributed by atoms with van der Waals surface area (Å²) in [5, 5.41) is 4.14. The number of rotatable bonds is 7. The molecule has 1 heterocycles. The monoisotopic (exact) mass is 287 g/mol. The lowest BCUT2D eigenvalue weighted by atomic mass is 10.2. The molecule has 4 nitrogen and oxygen atoms in total. The minimum atomic E-state index is 0.100. The summed E-state index contributed by atoms with van der Waals surface area (Å²) in [7, 11) is 4.16. The van der Waals surface area contributed by atoms with E-state index in [0.717, 1.165) is 31.6 Å². The number of aromatic nitrogens is 1. The van der Waals surface area contributed by atoms with Gasteiger partial charge in [0.15, 0.2) is 0 Å². The molecule has 0 atom stereocenters. The molecule has 1 amide bonds. The zero-order valence-corrected chi connectivity index (χ0v) is 13.2. The molecule has 0 saturated heterocycles. The van der Waals surface area contributed by atoms with Gasteiger partial charge in [0, 0.05) is 42.3 Å². The summed E-state index contributed by atoms with van der Waals surface area (Å²) in [4.78, 5) is 13.9. The van der Waals surface area contributed by atoms with Gasteiger partial charge in [0.25, 0.3) is 0 Å². The second-order valence-corrected chi connectivity index (χ2v) is 5.74. The highest BCUT2D eigenvalue weighted by Crippen LogP contribution is 2.21.